The van der Waals surface area contributed by atoms with E-state index in [0.717, 1.165) is 28.3 Å². The van der Waals surface area contributed by atoms with E-state index < -0.39 is 0 Å². The minimum absolute atomic E-state index is 0.549. The van der Waals surface area contributed by atoms with Crippen LogP contribution < -0.4 is 10.5 Å². The molecule has 92 valence electrons. The third-order valence-electron chi connectivity index (χ3n) is 2.81. The second-order valence-electron chi connectivity index (χ2n) is 4.56. The number of hydrogen-bond donors (Lipinski definition) is 1. The monoisotopic (exact) mass is 295 g/mol. The SMILES string of the molecule is Cc1cc(Br)c(OCC2CC2)c(/C=C/CN)c1. The van der Waals surface area contributed by atoms with Gasteiger partial charge in [-0.1, -0.05) is 12.2 Å². The summed E-state index contributed by atoms with van der Waals surface area (Å²) in [6.07, 6.45) is 6.58. The molecule has 1 saturated carbocycles. The van der Waals surface area contributed by atoms with Crippen molar-refractivity contribution < 1.29 is 4.74 Å². The van der Waals surface area contributed by atoms with Crippen molar-refractivity contribution >= 4 is 22.0 Å². The fourth-order valence-corrected chi connectivity index (χ4v) is 2.42. The minimum atomic E-state index is 0.549. The largest absolute Gasteiger partial charge is 0.491 e. The Labute approximate surface area is 111 Å². The maximum Gasteiger partial charge on any atom is 0.140 e. The van der Waals surface area contributed by atoms with E-state index in [0.29, 0.717) is 6.54 Å². The molecule has 0 spiro atoms. The van der Waals surface area contributed by atoms with Gasteiger partial charge in [-0.3, -0.25) is 0 Å². The van der Waals surface area contributed by atoms with Crippen LogP contribution in [0.5, 0.6) is 5.75 Å². The number of nitrogens with two attached hydrogens (primary N) is 1. The third-order valence-corrected chi connectivity index (χ3v) is 3.40. The lowest BCUT2D eigenvalue weighted by Gasteiger charge is -2.12. The summed E-state index contributed by atoms with van der Waals surface area (Å²) in [7, 11) is 0. The van der Waals surface area contributed by atoms with E-state index in [9.17, 15) is 0 Å². The molecular weight excluding hydrogens is 278 g/mol. The molecule has 1 aliphatic carbocycles. The quantitative estimate of drug-likeness (QED) is 0.902. The summed E-state index contributed by atoms with van der Waals surface area (Å²) < 4.78 is 6.93. The van der Waals surface area contributed by atoms with E-state index in [4.69, 9.17) is 10.5 Å². The van der Waals surface area contributed by atoms with E-state index in [1.54, 1.807) is 0 Å². The number of ether oxygens (including phenoxy) is 1. The predicted molar refractivity (Wildman–Crippen MR) is 75.2 cm³/mol. The molecule has 0 saturated heterocycles. The van der Waals surface area contributed by atoms with Gasteiger partial charge in [-0.2, -0.15) is 0 Å². The van der Waals surface area contributed by atoms with Gasteiger partial charge in [0.2, 0.25) is 0 Å². The molecule has 2 rings (SSSR count). The Morgan fingerprint density at radius 2 is 2.24 bits per heavy atom. The fraction of sp³-hybridized carbons (Fsp3) is 0.429. The highest BCUT2D eigenvalue weighted by atomic mass is 79.9. The van der Waals surface area contributed by atoms with Crippen molar-refractivity contribution in [1.29, 1.82) is 0 Å². The number of rotatable bonds is 5. The van der Waals surface area contributed by atoms with Crippen LogP contribution in [0.2, 0.25) is 0 Å². The molecule has 2 N–H and O–H groups in total. The second-order valence-corrected chi connectivity index (χ2v) is 5.41. The summed E-state index contributed by atoms with van der Waals surface area (Å²) in [6, 6.07) is 4.21. The molecule has 1 aromatic rings. The first-order valence-corrected chi connectivity index (χ1v) is 6.79. The van der Waals surface area contributed by atoms with Gasteiger partial charge in [-0.05, 0) is 59.3 Å². The van der Waals surface area contributed by atoms with E-state index in [2.05, 4.69) is 35.0 Å². The average molecular weight is 296 g/mol. The number of aryl methyl sites for hydroxylation is 1. The molecule has 1 fully saturated rings. The zero-order valence-electron chi connectivity index (χ0n) is 10.1. The molecule has 0 aromatic heterocycles. The standard InChI is InChI=1S/C14H18BrNO/c1-10-7-12(3-2-6-16)14(13(15)8-10)17-9-11-4-5-11/h2-3,7-8,11H,4-6,9,16H2,1H3/b3-2+. The smallest absolute Gasteiger partial charge is 0.140 e. The van der Waals surface area contributed by atoms with Crippen LogP contribution in [0, 0.1) is 12.8 Å². The summed E-state index contributed by atoms with van der Waals surface area (Å²) in [6.45, 7) is 3.45. The highest BCUT2D eigenvalue weighted by molar-refractivity contribution is 9.10. The first kappa shape index (κ1) is 12.7. The van der Waals surface area contributed by atoms with E-state index in [1.807, 2.05) is 12.2 Å². The highest BCUT2D eigenvalue weighted by Gasteiger charge is 2.22. The van der Waals surface area contributed by atoms with Crippen LogP contribution in [0.3, 0.4) is 0 Å². The van der Waals surface area contributed by atoms with Crippen LogP contribution in [-0.4, -0.2) is 13.2 Å². The normalized spacial score (nSPS) is 15.5. The van der Waals surface area contributed by atoms with Gasteiger partial charge in [-0.25, -0.2) is 0 Å². The lowest BCUT2D eigenvalue weighted by atomic mass is 10.1. The predicted octanol–water partition coefficient (Wildman–Crippen LogP) is 3.52. The molecule has 0 radical (unpaired) electrons. The van der Waals surface area contributed by atoms with Crippen molar-refractivity contribution in [3.05, 3.63) is 33.8 Å². The van der Waals surface area contributed by atoms with E-state index in [-0.39, 0.29) is 0 Å². The molecule has 1 aromatic carbocycles. The zero-order valence-corrected chi connectivity index (χ0v) is 11.7. The molecule has 0 heterocycles. The Balaban J connectivity index is 2.21. The molecule has 17 heavy (non-hydrogen) atoms. The van der Waals surface area contributed by atoms with Crippen molar-refractivity contribution in [3.8, 4) is 5.75 Å². The molecule has 0 bridgehead atoms. The van der Waals surface area contributed by atoms with Crippen molar-refractivity contribution in [2.75, 3.05) is 13.2 Å². The number of halogens is 1. The van der Waals surface area contributed by atoms with E-state index >= 15 is 0 Å². The molecule has 1 aliphatic rings. The topological polar surface area (TPSA) is 35.2 Å². The minimum Gasteiger partial charge on any atom is -0.491 e. The van der Waals surface area contributed by atoms with Gasteiger partial charge in [0.15, 0.2) is 0 Å². The van der Waals surface area contributed by atoms with Crippen LogP contribution in [0.25, 0.3) is 6.08 Å². The Bertz CT molecular complexity index is 424. The second kappa shape index (κ2) is 5.69. The van der Waals surface area contributed by atoms with Gasteiger partial charge < -0.3 is 10.5 Å². The van der Waals surface area contributed by atoms with Crippen LogP contribution in [0.1, 0.15) is 24.0 Å². The Morgan fingerprint density at radius 1 is 1.47 bits per heavy atom. The third kappa shape index (κ3) is 3.58. The van der Waals surface area contributed by atoms with Crippen LogP contribution in [0.4, 0.5) is 0 Å². The first-order valence-electron chi connectivity index (χ1n) is 6.00. The Kier molecular flexibility index (Phi) is 4.24. The summed E-state index contributed by atoms with van der Waals surface area (Å²) in [4.78, 5) is 0. The first-order chi connectivity index (χ1) is 8.20. The molecule has 0 aliphatic heterocycles. The molecule has 0 unspecified atom stereocenters. The van der Waals surface area contributed by atoms with Crippen LogP contribution >= 0.6 is 15.9 Å². The Morgan fingerprint density at radius 3 is 2.88 bits per heavy atom. The van der Waals surface area contributed by atoms with E-state index in [1.165, 1.54) is 18.4 Å². The summed E-state index contributed by atoms with van der Waals surface area (Å²) in [5.41, 5.74) is 7.81. The van der Waals surface area contributed by atoms with Crippen molar-refractivity contribution in [2.45, 2.75) is 19.8 Å². The maximum absolute atomic E-state index is 5.90. The summed E-state index contributed by atoms with van der Waals surface area (Å²) in [5, 5.41) is 0. The van der Waals surface area contributed by atoms with Gasteiger partial charge in [0.25, 0.3) is 0 Å². The summed E-state index contributed by atoms with van der Waals surface area (Å²) >= 11 is 3.57. The van der Waals surface area contributed by atoms with Crippen molar-refractivity contribution in [1.82, 2.24) is 0 Å². The van der Waals surface area contributed by atoms with Gasteiger partial charge in [0.1, 0.15) is 5.75 Å². The molecule has 0 amide bonds. The zero-order chi connectivity index (χ0) is 12.3. The molecule has 0 atom stereocenters. The maximum atomic E-state index is 5.90. The highest BCUT2D eigenvalue weighted by Crippen LogP contribution is 2.35. The van der Waals surface area contributed by atoms with Crippen molar-refractivity contribution in [2.24, 2.45) is 11.7 Å². The summed E-state index contributed by atoms with van der Waals surface area (Å²) in [5.74, 6) is 1.70. The van der Waals surface area contributed by atoms with Crippen LogP contribution in [0.15, 0.2) is 22.7 Å². The number of hydrogen-bond acceptors (Lipinski definition) is 2. The molecule has 3 heteroatoms. The van der Waals surface area contributed by atoms with Gasteiger partial charge >= 0.3 is 0 Å². The average Bonchev–Trinajstić information content (AvgIpc) is 3.08. The molecular formula is C14H18BrNO. The van der Waals surface area contributed by atoms with Gasteiger partial charge in [0, 0.05) is 12.1 Å². The van der Waals surface area contributed by atoms with Crippen LogP contribution in [-0.2, 0) is 0 Å². The lowest BCUT2D eigenvalue weighted by molar-refractivity contribution is 0.297. The van der Waals surface area contributed by atoms with Crippen molar-refractivity contribution in [3.63, 3.8) is 0 Å². The van der Waals surface area contributed by atoms with Gasteiger partial charge in [0.05, 0.1) is 11.1 Å². The Hall–Kier alpha value is -0.800. The lowest BCUT2D eigenvalue weighted by Crippen LogP contribution is -2.02. The molecule has 2 nitrogen and oxygen atoms in total. The fourth-order valence-electron chi connectivity index (χ4n) is 1.71. The number of benzene rings is 1. The van der Waals surface area contributed by atoms with Gasteiger partial charge in [-0.15, -0.1) is 0 Å².